The lowest BCUT2D eigenvalue weighted by Crippen LogP contribution is -2.19. The van der Waals surface area contributed by atoms with Crippen molar-refractivity contribution < 1.29 is 27.0 Å². The van der Waals surface area contributed by atoms with Gasteiger partial charge in [-0.25, -0.2) is 4.39 Å². The maximum Gasteiger partial charge on any atom is 0.573 e. The van der Waals surface area contributed by atoms with Gasteiger partial charge in [0.2, 0.25) is 0 Å². The average molecular weight is 513 g/mol. The van der Waals surface area contributed by atoms with Gasteiger partial charge in [-0.2, -0.15) is 0 Å². The summed E-state index contributed by atoms with van der Waals surface area (Å²) in [6.45, 7) is 2.27. The van der Waals surface area contributed by atoms with Gasteiger partial charge >= 0.3 is 6.36 Å². The molecule has 5 rings (SSSR count). The van der Waals surface area contributed by atoms with Crippen LogP contribution in [0.3, 0.4) is 0 Å². The number of benzene rings is 3. The number of halogens is 4. The van der Waals surface area contributed by atoms with E-state index in [1.54, 1.807) is 0 Å². The molecule has 0 amide bonds. The largest absolute Gasteiger partial charge is 0.573 e. The zero-order valence-electron chi connectivity index (χ0n) is 21.0. The summed E-state index contributed by atoms with van der Waals surface area (Å²) in [6.07, 6.45) is 3.70. The molecule has 1 aliphatic carbocycles. The molecule has 0 aromatic heterocycles. The third-order valence-corrected chi connectivity index (χ3v) is 7.83. The molecule has 2 nitrogen and oxygen atoms in total. The van der Waals surface area contributed by atoms with Crippen LogP contribution in [0.5, 0.6) is 11.5 Å². The molecule has 37 heavy (non-hydrogen) atoms. The van der Waals surface area contributed by atoms with Gasteiger partial charge in [-0.05, 0) is 84.2 Å². The number of fused-ring (bicyclic) bond motifs is 1. The Morgan fingerprint density at radius 3 is 2.05 bits per heavy atom. The Labute approximate surface area is 215 Å². The summed E-state index contributed by atoms with van der Waals surface area (Å²) >= 11 is 0. The Bertz CT molecular complexity index is 1190. The Balaban J connectivity index is 1.23. The van der Waals surface area contributed by atoms with E-state index in [0.717, 1.165) is 34.7 Å². The molecule has 1 saturated carbocycles. The van der Waals surface area contributed by atoms with Crippen LogP contribution in [-0.4, -0.2) is 6.36 Å². The van der Waals surface area contributed by atoms with Crippen molar-refractivity contribution in [2.75, 3.05) is 0 Å². The van der Waals surface area contributed by atoms with Crippen molar-refractivity contribution in [3.63, 3.8) is 0 Å². The lowest BCUT2D eigenvalue weighted by molar-refractivity contribution is -0.275. The van der Waals surface area contributed by atoms with Crippen LogP contribution < -0.4 is 9.47 Å². The number of ether oxygens (including phenoxy) is 2. The van der Waals surface area contributed by atoms with Gasteiger partial charge in [0.25, 0.3) is 0 Å². The highest BCUT2D eigenvalue weighted by Crippen LogP contribution is 2.40. The van der Waals surface area contributed by atoms with Crippen LogP contribution in [0.2, 0.25) is 0 Å². The van der Waals surface area contributed by atoms with Crippen LogP contribution in [-0.2, 0) is 6.42 Å². The summed E-state index contributed by atoms with van der Waals surface area (Å²) in [5.74, 6) is -0.0959. The maximum atomic E-state index is 14.2. The monoisotopic (exact) mass is 512 g/mol. The first kappa shape index (κ1) is 25.6. The van der Waals surface area contributed by atoms with Crippen LogP contribution in [0.15, 0.2) is 60.7 Å². The van der Waals surface area contributed by atoms with Crippen molar-refractivity contribution in [3.8, 4) is 22.6 Å². The second kappa shape index (κ2) is 10.8. The van der Waals surface area contributed by atoms with Crippen molar-refractivity contribution in [3.05, 3.63) is 83.2 Å². The highest BCUT2D eigenvalue weighted by atomic mass is 19.4. The smallest absolute Gasteiger partial charge is 0.485 e. The minimum Gasteiger partial charge on any atom is -0.485 e. The molecule has 0 spiro atoms. The van der Waals surface area contributed by atoms with Crippen molar-refractivity contribution in [2.45, 2.75) is 76.7 Å². The van der Waals surface area contributed by atoms with Crippen molar-refractivity contribution in [2.24, 2.45) is 5.92 Å². The fraction of sp³-hybridized carbons (Fsp3) is 0.419. The lowest BCUT2D eigenvalue weighted by atomic mass is 9.77. The number of hydrogen-bond donors (Lipinski definition) is 0. The Kier molecular flexibility index (Phi) is 7.45. The minimum atomic E-state index is -4.94. The van der Waals surface area contributed by atoms with Crippen molar-refractivity contribution >= 4 is 0 Å². The average Bonchev–Trinajstić information content (AvgIpc) is 2.89. The number of aryl methyl sites for hydroxylation is 1. The van der Waals surface area contributed by atoms with E-state index >= 15 is 0 Å². The van der Waals surface area contributed by atoms with Crippen molar-refractivity contribution in [1.29, 1.82) is 0 Å². The third-order valence-electron chi connectivity index (χ3n) is 7.83. The normalized spacial score (nSPS) is 21.7. The molecular formula is C31H32F4O2. The van der Waals surface area contributed by atoms with E-state index in [2.05, 4.69) is 48.1 Å². The predicted molar refractivity (Wildman–Crippen MR) is 136 cm³/mol. The molecule has 1 aliphatic heterocycles. The van der Waals surface area contributed by atoms with Gasteiger partial charge in [0.05, 0.1) is 0 Å². The molecule has 1 fully saturated rings. The van der Waals surface area contributed by atoms with E-state index in [1.165, 1.54) is 44.1 Å². The lowest BCUT2D eigenvalue weighted by Gasteiger charge is -2.28. The second-order valence-corrected chi connectivity index (χ2v) is 10.3. The second-order valence-electron chi connectivity index (χ2n) is 10.3. The standard InChI is InChI=1S/C31H32F4O2/c1-2-3-20-4-6-21(7-5-20)22-8-10-23(11-9-22)24-12-14-25(15-13-24)28-17-16-26-18-30(37-31(33,34)35)27(32)19-29(26)36-28/h8-15,18-21,28H,2-7,16-17H2,1H3. The highest BCUT2D eigenvalue weighted by Gasteiger charge is 2.33. The van der Waals surface area contributed by atoms with Gasteiger partial charge in [-0.1, -0.05) is 68.3 Å². The quantitative estimate of drug-likeness (QED) is 0.306. The molecule has 2 aliphatic rings. The number of rotatable bonds is 6. The molecule has 0 radical (unpaired) electrons. The molecule has 0 saturated heterocycles. The molecule has 0 bridgehead atoms. The fourth-order valence-electron chi connectivity index (χ4n) is 5.85. The molecule has 196 valence electrons. The molecule has 3 aromatic rings. The van der Waals surface area contributed by atoms with E-state index in [4.69, 9.17) is 4.74 Å². The summed E-state index contributed by atoms with van der Waals surface area (Å²) in [6, 6.07) is 19.1. The first-order valence-electron chi connectivity index (χ1n) is 13.2. The molecule has 6 heteroatoms. The van der Waals surface area contributed by atoms with E-state index < -0.39 is 17.9 Å². The molecular weight excluding hydrogens is 480 g/mol. The van der Waals surface area contributed by atoms with Gasteiger partial charge in [0.15, 0.2) is 11.6 Å². The van der Waals surface area contributed by atoms with E-state index in [0.29, 0.717) is 24.3 Å². The summed E-state index contributed by atoms with van der Waals surface area (Å²) in [5, 5.41) is 0. The first-order valence-corrected chi connectivity index (χ1v) is 13.2. The van der Waals surface area contributed by atoms with E-state index in [-0.39, 0.29) is 11.9 Å². The van der Waals surface area contributed by atoms with Crippen LogP contribution in [0.4, 0.5) is 17.6 Å². The molecule has 1 atom stereocenters. The van der Waals surface area contributed by atoms with Crippen LogP contribution >= 0.6 is 0 Å². The zero-order valence-corrected chi connectivity index (χ0v) is 21.0. The van der Waals surface area contributed by atoms with Crippen LogP contribution in [0, 0.1) is 11.7 Å². The summed E-state index contributed by atoms with van der Waals surface area (Å²) in [5.41, 5.74) is 5.15. The molecule has 1 unspecified atom stereocenters. The first-order chi connectivity index (χ1) is 17.8. The summed E-state index contributed by atoms with van der Waals surface area (Å²) in [4.78, 5) is 0. The van der Waals surface area contributed by atoms with Gasteiger partial charge in [-0.15, -0.1) is 13.2 Å². The van der Waals surface area contributed by atoms with Gasteiger partial charge in [0, 0.05) is 6.07 Å². The topological polar surface area (TPSA) is 18.5 Å². The maximum absolute atomic E-state index is 14.2. The van der Waals surface area contributed by atoms with Gasteiger partial charge in [0.1, 0.15) is 11.9 Å². The summed E-state index contributed by atoms with van der Waals surface area (Å²) < 4.78 is 61.5. The Morgan fingerprint density at radius 2 is 1.46 bits per heavy atom. The van der Waals surface area contributed by atoms with Crippen molar-refractivity contribution in [1.82, 2.24) is 0 Å². The third kappa shape index (κ3) is 6.11. The predicted octanol–water partition coefficient (Wildman–Crippen LogP) is 9.53. The van der Waals surface area contributed by atoms with Gasteiger partial charge < -0.3 is 9.47 Å². The zero-order chi connectivity index (χ0) is 26.0. The van der Waals surface area contributed by atoms with E-state index in [9.17, 15) is 17.6 Å². The Morgan fingerprint density at radius 1 is 0.838 bits per heavy atom. The van der Waals surface area contributed by atoms with Crippen LogP contribution in [0.1, 0.15) is 80.6 Å². The fourth-order valence-corrected chi connectivity index (χ4v) is 5.85. The van der Waals surface area contributed by atoms with Crippen LogP contribution in [0.25, 0.3) is 11.1 Å². The molecule has 1 heterocycles. The van der Waals surface area contributed by atoms with Gasteiger partial charge in [-0.3, -0.25) is 0 Å². The Hall–Kier alpha value is -3.02. The minimum absolute atomic E-state index is 0.256. The van der Waals surface area contributed by atoms with E-state index in [1.807, 2.05) is 12.1 Å². The SMILES string of the molecule is CCCC1CCC(c2ccc(-c3ccc(C4CCc5cc(OC(F)(F)F)c(F)cc5O4)cc3)cc2)CC1. The number of hydrogen-bond acceptors (Lipinski definition) is 2. The highest BCUT2D eigenvalue weighted by molar-refractivity contribution is 5.64. The molecule has 3 aromatic carbocycles. The number of alkyl halides is 3. The molecule has 0 N–H and O–H groups in total. The summed E-state index contributed by atoms with van der Waals surface area (Å²) in [7, 11) is 0.